The van der Waals surface area contributed by atoms with Crippen LogP contribution in [0.25, 0.3) is 0 Å². The summed E-state index contributed by atoms with van der Waals surface area (Å²) in [6, 6.07) is 9.81. The van der Waals surface area contributed by atoms with Crippen molar-refractivity contribution in [1.29, 1.82) is 0 Å². The molecular weight excluding hydrogens is 188 g/mol. The van der Waals surface area contributed by atoms with E-state index in [4.69, 9.17) is 4.74 Å². The summed E-state index contributed by atoms with van der Waals surface area (Å²) in [6.45, 7) is 2.00. The molecule has 0 aliphatic carbocycles. The molecule has 0 radical (unpaired) electrons. The number of aromatic nitrogens is 1. The van der Waals surface area contributed by atoms with Crippen molar-refractivity contribution >= 4 is 11.5 Å². The molecule has 1 aromatic heterocycles. The second kappa shape index (κ2) is 2.98. The molecule has 1 N–H and O–H groups in total. The molecular formula is C12H10N2O. The zero-order valence-electron chi connectivity index (χ0n) is 8.32. The van der Waals surface area contributed by atoms with Gasteiger partial charge in [0.05, 0.1) is 5.69 Å². The van der Waals surface area contributed by atoms with Crippen LogP contribution >= 0.6 is 0 Å². The first-order chi connectivity index (χ1) is 7.33. The van der Waals surface area contributed by atoms with E-state index in [1.54, 1.807) is 0 Å². The van der Waals surface area contributed by atoms with Gasteiger partial charge in [-0.3, -0.25) is 0 Å². The molecule has 0 saturated carbocycles. The molecule has 0 spiro atoms. The Morgan fingerprint density at radius 1 is 1.20 bits per heavy atom. The number of rotatable bonds is 0. The Morgan fingerprint density at radius 3 is 3.00 bits per heavy atom. The van der Waals surface area contributed by atoms with Crippen LogP contribution in [-0.4, -0.2) is 4.98 Å². The minimum absolute atomic E-state index is 0.777. The maximum atomic E-state index is 5.73. The number of fused-ring (bicyclic) bond motifs is 2. The molecule has 0 bridgehead atoms. The number of hydrogen-bond donors (Lipinski definition) is 1. The van der Waals surface area contributed by atoms with Crippen molar-refractivity contribution in [2.24, 2.45) is 0 Å². The molecule has 0 fully saturated rings. The summed E-state index contributed by atoms with van der Waals surface area (Å²) in [4.78, 5) is 4.28. The molecule has 1 aliphatic rings. The molecule has 74 valence electrons. The number of benzene rings is 1. The van der Waals surface area contributed by atoms with Crippen molar-refractivity contribution in [2.75, 3.05) is 5.32 Å². The number of para-hydroxylation sites is 2. The number of nitrogens with zero attached hydrogens (tertiary/aromatic N) is 1. The summed E-state index contributed by atoms with van der Waals surface area (Å²) in [7, 11) is 0. The molecule has 1 aliphatic heterocycles. The maximum Gasteiger partial charge on any atom is 0.173 e. The highest BCUT2D eigenvalue weighted by atomic mass is 16.5. The molecule has 0 unspecified atom stereocenters. The van der Waals surface area contributed by atoms with Crippen molar-refractivity contribution in [3.63, 3.8) is 0 Å². The van der Waals surface area contributed by atoms with Gasteiger partial charge in [0, 0.05) is 6.20 Å². The van der Waals surface area contributed by atoms with Gasteiger partial charge in [-0.2, -0.15) is 0 Å². The van der Waals surface area contributed by atoms with E-state index >= 15 is 0 Å². The number of hydrogen-bond acceptors (Lipinski definition) is 3. The first kappa shape index (κ1) is 8.29. The van der Waals surface area contributed by atoms with Crippen molar-refractivity contribution in [1.82, 2.24) is 4.98 Å². The third-order valence-corrected chi connectivity index (χ3v) is 2.35. The molecule has 3 rings (SSSR count). The molecule has 0 amide bonds. The van der Waals surface area contributed by atoms with Gasteiger partial charge in [0.2, 0.25) is 0 Å². The van der Waals surface area contributed by atoms with Crippen molar-refractivity contribution in [3.8, 4) is 11.5 Å². The lowest BCUT2D eigenvalue weighted by Crippen LogP contribution is -2.04. The molecule has 2 aromatic rings. The lowest BCUT2D eigenvalue weighted by molar-refractivity contribution is 0.478. The van der Waals surface area contributed by atoms with E-state index in [1.807, 2.05) is 43.5 Å². The van der Waals surface area contributed by atoms with E-state index in [9.17, 15) is 0 Å². The Hall–Kier alpha value is -2.03. The van der Waals surface area contributed by atoms with Gasteiger partial charge < -0.3 is 10.1 Å². The summed E-state index contributed by atoms with van der Waals surface area (Å²) in [6.07, 6.45) is 1.82. The largest absolute Gasteiger partial charge is 0.451 e. The highest BCUT2D eigenvalue weighted by Gasteiger charge is 2.16. The number of aryl methyl sites for hydroxylation is 1. The predicted molar refractivity (Wildman–Crippen MR) is 58.8 cm³/mol. The first-order valence-corrected chi connectivity index (χ1v) is 4.83. The molecule has 0 atom stereocenters. The van der Waals surface area contributed by atoms with Crippen LogP contribution in [0.1, 0.15) is 5.56 Å². The number of ether oxygens (including phenoxy) is 1. The Labute approximate surface area is 87.7 Å². The third kappa shape index (κ3) is 1.32. The third-order valence-electron chi connectivity index (χ3n) is 2.35. The summed E-state index contributed by atoms with van der Waals surface area (Å²) < 4.78 is 5.73. The van der Waals surface area contributed by atoms with Gasteiger partial charge >= 0.3 is 0 Å². The smallest absolute Gasteiger partial charge is 0.173 e. The minimum Gasteiger partial charge on any atom is -0.451 e. The minimum atomic E-state index is 0.777. The average Bonchev–Trinajstić information content (AvgIpc) is 2.26. The van der Waals surface area contributed by atoms with Crippen molar-refractivity contribution in [2.45, 2.75) is 6.92 Å². The lowest BCUT2D eigenvalue weighted by Gasteiger charge is -2.20. The van der Waals surface area contributed by atoms with Crippen LogP contribution in [0.4, 0.5) is 11.5 Å². The molecule has 0 saturated heterocycles. The summed E-state index contributed by atoms with van der Waals surface area (Å²) in [5.74, 6) is 2.41. The Kier molecular flexibility index (Phi) is 1.65. The van der Waals surface area contributed by atoms with Gasteiger partial charge in [0.15, 0.2) is 17.3 Å². The SMILES string of the molecule is Cc1cnc2c(c1)Oc1ccccc1N2. The zero-order valence-corrected chi connectivity index (χ0v) is 8.32. The average molecular weight is 198 g/mol. The Balaban J connectivity index is 2.11. The molecule has 3 nitrogen and oxygen atoms in total. The van der Waals surface area contributed by atoms with Crippen molar-refractivity contribution < 1.29 is 4.74 Å². The van der Waals surface area contributed by atoms with E-state index in [-0.39, 0.29) is 0 Å². The van der Waals surface area contributed by atoms with E-state index in [2.05, 4.69) is 10.3 Å². The molecule has 1 aromatic carbocycles. The van der Waals surface area contributed by atoms with Crippen LogP contribution in [0.3, 0.4) is 0 Å². The zero-order chi connectivity index (χ0) is 10.3. The second-order valence-corrected chi connectivity index (χ2v) is 3.58. The quantitative estimate of drug-likeness (QED) is 0.602. The molecule has 2 heterocycles. The van der Waals surface area contributed by atoms with Crippen LogP contribution in [0, 0.1) is 6.92 Å². The van der Waals surface area contributed by atoms with E-state index in [0.717, 1.165) is 28.6 Å². The topological polar surface area (TPSA) is 34.1 Å². The standard InChI is InChI=1S/C12H10N2O/c1-8-6-11-12(13-7-8)14-9-4-2-3-5-10(9)15-11/h2-7H,1H3,(H,13,14). The normalized spacial score (nSPS) is 12.1. The van der Waals surface area contributed by atoms with Gasteiger partial charge in [-0.15, -0.1) is 0 Å². The Bertz CT molecular complexity index is 523. The first-order valence-electron chi connectivity index (χ1n) is 4.83. The maximum absolute atomic E-state index is 5.73. The van der Waals surface area contributed by atoms with Gasteiger partial charge in [-0.1, -0.05) is 12.1 Å². The Morgan fingerprint density at radius 2 is 2.07 bits per heavy atom. The molecule has 15 heavy (non-hydrogen) atoms. The highest BCUT2D eigenvalue weighted by molar-refractivity contribution is 5.72. The van der Waals surface area contributed by atoms with Crippen LogP contribution in [-0.2, 0) is 0 Å². The number of pyridine rings is 1. The van der Waals surface area contributed by atoms with E-state index in [0.29, 0.717) is 0 Å². The van der Waals surface area contributed by atoms with Crippen LogP contribution in [0.5, 0.6) is 11.5 Å². The second-order valence-electron chi connectivity index (χ2n) is 3.58. The van der Waals surface area contributed by atoms with Gasteiger partial charge in [-0.25, -0.2) is 4.98 Å². The summed E-state index contributed by atoms with van der Waals surface area (Å²) in [5, 5.41) is 3.23. The molecule has 3 heteroatoms. The number of anilines is 2. The van der Waals surface area contributed by atoms with Gasteiger partial charge in [0.1, 0.15) is 0 Å². The highest BCUT2D eigenvalue weighted by Crippen LogP contribution is 2.40. The summed E-state index contributed by atoms with van der Waals surface area (Å²) >= 11 is 0. The predicted octanol–water partition coefficient (Wildman–Crippen LogP) is 3.24. The van der Waals surface area contributed by atoms with Crippen LogP contribution < -0.4 is 10.1 Å². The number of nitrogens with one attached hydrogen (secondary N) is 1. The van der Waals surface area contributed by atoms with E-state index in [1.165, 1.54) is 0 Å². The van der Waals surface area contributed by atoms with Crippen molar-refractivity contribution in [3.05, 3.63) is 42.1 Å². The fourth-order valence-corrected chi connectivity index (χ4v) is 1.62. The fourth-order valence-electron chi connectivity index (χ4n) is 1.62. The summed E-state index contributed by atoms with van der Waals surface area (Å²) in [5.41, 5.74) is 2.05. The monoisotopic (exact) mass is 198 g/mol. The lowest BCUT2D eigenvalue weighted by atomic mass is 10.2. The van der Waals surface area contributed by atoms with Gasteiger partial charge in [-0.05, 0) is 30.7 Å². The van der Waals surface area contributed by atoms with E-state index < -0.39 is 0 Å². The fraction of sp³-hybridized carbons (Fsp3) is 0.0833. The van der Waals surface area contributed by atoms with Gasteiger partial charge in [0.25, 0.3) is 0 Å². The van der Waals surface area contributed by atoms with Crippen LogP contribution in [0.15, 0.2) is 36.5 Å². The van der Waals surface area contributed by atoms with Crippen LogP contribution in [0.2, 0.25) is 0 Å².